The number of unbranched alkanes of at least 4 members (excludes halogenated alkanes) is 22. The standard InChI is InChI=1S/C51H88O5/c1-3-5-7-9-11-13-15-17-19-21-23-24-25-26-28-30-32-34-36-38-40-42-44-46-51(54)56-49(47-52)48-55-50(53)45-43-41-39-37-35-33-31-29-27-22-20-18-16-14-12-10-8-6-4-2/h12,14-15,17-18,20-21,23,25-27,29,49,52H,3-11,13,16,19,22,24,28,30-48H2,1-2H3/b14-12-,17-15-,20-18-,23-21-,26-25-,29-27-. The number of carbonyl (C=O) groups excluding carboxylic acids is 2. The Morgan fingerprint density at radius 3 is 1.11 bits per heavy atom. The van der Waals surface area contributed by atoms with Crippen molar-refractivity contribution in [1.29, 1.82) is 0 Å². The van der Waals surface area contributed by atoms with Crippen LogP contribution in [-0.2, 0) is 19.1 Å². The molecule has 0 rings (SSSR count). The Hall–Kier alpha value is -2.66. The smallest absolute Gasteiger partial charge is 0.306 e. The van der Waals surface area contributed by atoms with Crippen molar-refractivity contribution in [2.45, 2.75) is 225 Å². The average molecular weight is 781 g/mol. The Kier molecular flexibility index (Phi) is 44.5. The molecule has 0 aromatic rings. The summed E-state index contributed by atoms with van der Waals surface area (Å²) < 4.78 is 10.6. The molecule has 1 atom stereocenters. The van der Waals surface area contributed by atoms with Gasteiger partial charge in [-0.05, 0) is 89.9 Å². The molecule has 56 heavy (non-hydrogen) atoms. The van der Waals surface area contributed by atoms with Crippen LogP contribution in [0, 0.1) is 0 Å². The molecule has 0 aliphatic heterocycles. The van der Waals surface area contributed by atoms with Crippen LogP contribution in [0.4, 0.5) is 0 Å². The Morgan fingerprint density at radius 1 is 0.411 bits per heavy atom. The molecule has 0 saturated carbocycles. The summed E-state index contributed by atoms with van der Waals surface area (Å²) >= 11 is 0. The first-order chi connectivity index (χ1) is 27.6. The third kappa shape index (κ3) is 44.1. The molecule has 0 aliphatic carbocycles. The number of aliphatic hydroxyl groups excluding tert-OH is 1. The molecule has 0 fully saturated rings. The van der Waals surface area contributed by atoms with E-state index >= 15 is 0 Å². The maximum absolute atomic E-state index is 12.2. The van der Waals surface area contributed by atoms with Crippen molar-refractivity contribution in [3.05, 3.63) is 72.9 Å². The van der Waals surface area contributed by atoms with E-state index in [1.165, 1.54) is 116 Å². The molecule has 0 aliphatic rings. The number of hydrogen-bond acceptors (Lipinski definition) is 5. The van der Waals surface area contributed by atoms with Gasteiger partial charge in [-0.15, -0.1) is 0 Å². The monoisotopic (exact) mass is 781 g/mol. The summed E-state index contributed by atoms with van der Waals surface area (Å²) in [5, 5.41) is 9.60. The van der Waals surface area contributed by atoms with Gasteiger partial charge in [0, 0.05) is 12.8 Å². The summed E-state index contributed by atoms with van der Waals surface area (Å²) in [6.07, 6.45) is 62.6. The summed E-state index contributed by atoms with van der Waals surface area (Å²) in [5.74, 6) is -0.615. The lowest BCUT2D eigenvalue weighted by Crippen LogP contribution is -2.28. The first kappa shape index (κ1) is 53.3. The zero-order valence-electron chi connectivity index (χ0n) is 36.6. The van der Waals surface area contributed by atoms with Gasteiger partial charge in [0.1, 0.15) is 6.61 Å². The van der Waals surface area contributed by atoms with Crippen LogP contribution in [-0.4, -0.2) is 36.4 Å². The number of allylic oxidation sites excluding steroid dienone is 12. The second kappa shape index (κ2) is 46.7. The zero-order chi connectivity index (χ0) is 40.7. The maximum Gasteiger partial charge on any atom is 0.306 e. The highest BCUT2D eigenvalue weighted by molar-refractivity contribution is 5.70. The molecular formula is C51H88O5. The van der Waals surface area contributed by atoms with E-state index in [1.807, 2.05) is 0 Å². The van der Waals surface area contributed by atoms with Crippen LogP contribution >= 0.6 is 0 Å². The number of hydrogen-bond donors (Lipinski definition) is 1. The van der Waals surface area contributed by atoms with Crippen molar-refractivity contribution in [3.8, 4) is 0 Å². The molecule has 0 amide bonds. The number of ether oxygens (including phenoxy) is 2. The first-order valence-corrected chi connectivity index (χ1v) is 23.5. The van der Waals surface area contributed by atoms with Gasteiger partial charge in [-0.25, -0.2) is 0 Å². The molecular weight excluding hydrogens is 693 g/mol. The minimum absolute atomic E-state index is 0.0788. The summed E-state index contributed by atoms with van der Waals surface area (Å²) in [6, 6.07) is 0. The van der Waals surface area contributed by atoms with Gasteiger partial charge in [-0.1, -0.05) is 189 Å². The Morgan fingerprint density at radius 2 is 0.714 bits per heavy atom. The summed E-state index contributed by atoms with van der Waals surface area (Å²) in [6.45, 7) is 4.09. The predicted octanol–water partition coefficient (Wildman–Crippen LogP) is 15.3. The van der Waals surface area contributed by atoms with E-state index in [0.29, 0.717) is 12.8 Å². The van der Waals surface area contributed by atoms with Crippen LogP contribution in [0.5, 0.6) is 0 Å². The van der Waals surface area contributed by atoms with E-state index in [1.54, 1.807) is 0 Å². The average Bonchev–Trinajstić information content (AvgIpc) is 3.20. The molecule has 0 aromatic carbocycles. The van der Waals surface area contributed by atoms with Crippen LogP contribution in [0.2, 0.25) is 0 Å². The van der Waals surface area contributed by atoms with E-state index in [2.05, 4.69) is 86.8 Å². The molecule has 0 radical (unpaired) electrons. The van der Waals surface area contributed by atoms with Crippen molar-refractivity contribution in [2.75, 3.05) is 13.2 Å². The highest BCUT2D eigenvalue weighted by Gasteiger charge is 2.16. The lowest BCUT2D eigenvalue weighted by atomic mass is 10.1. The van der Waals surface area contributed by atoms with Gasteiger partial charge in [0.2, 0.25) is 0 Å². The van der Waals surface area contributed by atoms with E-state index in [0.717, 1.165) is 77.0 Å². The van der Waals surface area contributed by atoms with Crippen molar-refractivity contribution >= 4 is 11.9 Å². The number of esters is 2. The zero-order valence-corrected chi connectivity index (χ0v) is 36.6. The molecule has 0 spiro atoms. The van der Waals surface area contributed by atoms with Gasteiger partial charge < -0.3 is 14.6 Å². The molecule has 0 saturated heterocycles. The number of aliphatic hydroxyl groups is 1. The predicted molar refractivity (Wildman–Crippen MR) is 242 cm³/mol. The fourth-order valence-corrected chi connectivity index (χ4v) is 6.39. The molecule has 1 N–H and O–H groups in total. The van der Waals surface area contributed by atoms with Gasteiger partial charge in [-0.2, -0.15) is 0 Å². The second-order valence-electron chi connectivity index (χ2n) is 15.5. The molecule has 322 valence electrons. The van der Waals surface area contributed by atoms with E-state index < -0.39 is 6.10 Å². The van der Waals surface area contributed by atoms with Crippen molar-refractivity contribution in [1.82, 2.24) is 0 Å². The molecule has 5 heteroatoms. The lowest BCUT2D eigenvalue weighted by molar-refractivity contribution is -0.161. The van der Waals surface area contributed by atoms with Crippen LogP contribution in [0.25, 0.3) is 0 Å². The van der Waals surface area contributed by atoms with Gasteiger partial charge in [-0.3, -0.25) is 9.59 Å². The third-order valence-electron chi connectivity index (χ3n) is 9.97. The second-order valence-corrected chi connectivity index (χ2v) is 15.5. The highest BCUT2D eigenvalue weighted by atomic mass is 16.6. The highest BCUT2D eigenvalue weighted by Crippen LogP contribution is 2.13. The quantitative estimate of drug-likeness (QED) is 0.0379. The van der Waals surface area contributed by atoms with E-state index in [4.69, 9.17) is 9.47 Å². The topological polar surface area (TPSA) is 72.8 Å². The normalized spacial score (nSPS) is 12.8. The Bertz CT molecular complexity index is 1020. The van der Waals surface area contributed by atoms with E-state index in [9.17, 15) is 14.7 Å². The van der Waals surface area contributed by atoms with Crippen LogP contribution < -0.4 is 0 Å². The Labute approximate surface area is 346 Å². The fourth-order valence-electron chi connectivity index (χ4n) is 6.39. The Balaban J connectivity index is 3.59. The SMILES string of the molecule is CCCCC/C=C\C/C=C\C/C=C\CCCCCCCCC(=O)OCC(CO)OC(=O)CCCCCCCCCC/C=C\C/C=C\C/C=C\CCCCCCC. The summed E-state index contributed by atoms with van der Waals surface area (Å²) in [7, 11) is 0. The summed E-state index contributed by atoms with van der Waals surface area (Å²) in [5.41, 5.74) is 0. The maximum atomic E-state index is 12.2. The van der Waals surface area contributed by atoms with Gasteiger partial charge >= 0.3 is 11.9 Å². The largest absolute Gasteiger partial charge is 0.462 e. The van der Waals surface area contributed by atoms with Crippen molar-refractivity contribution in [2.24, 2.45) is 0 Å². The minimum Gasteiger partial charge on any atom is -0.462 e. The first-order valence-electron chi connectivity index (χ1n) is 23.5. The van der Waals surface area contributed by atoms with Gasteiger partial charge in [0.15, 0.2) is 6.10 Å². The number of carbonyl (C=O) groups is 2. The minimum atomic E-state index is -0.785. The molecule has 0 bridgehead atoms. The van der Waals surface area contributed by atoms with Crippen molar-refractivity contribution < 1.29 is 24.2 Å². The van der Waals surface area contributed by atoms with Crippen molar-refractivity contribution in [3.63, 3.8) is 0 Å². The van der Waals surface area contributed by atoms with Gasteiger partial charge in [0.25, 0.3) is 0 Å². The summed E-state index contributed by atoms with van der Waals surface area (Å²) in [4.78, 5) is 24.4. The lowest BCUT2D eigenvalue weighted by Gasteiger charge is -2.15. The van der Waals surface area contributed by atoms with Crippen LogP contribution in [0.1, 0.15) is 219 Å². The molecule has 5 nitrogen and oxygen atoms in total. The number of rotatable bonds is 42. The molecule has 1 unspecified atom stereocenters. The van der Waals surface area contributed by atoms with Crippen LogP contribution in [0.3, 0.4) is 0 Å². The van der Waals surface area contributed by atoms with E-state index in [-0.39, 0.29) is 25.2 Å². The van der Waals surface area contributed by atoms with Gasteiger partial charge in [0.05, 0.1) is 6.61 Å². The molecule has 0 heterocycles. The fraction of sp³-hybridized carbons (Fsp3) is 0.725. The molecule has 0 aromatic heterocycles. The van der Waals surface area contributed by atoms with Crippen LogP contribution in [0.15, 0.2) is 72.9 Å². The third-order valence-corrected chi connectivity index (χ3v) is 9.97.